The molecule has 0 radical (unpaired) electrons. The molecule has 0 N–H and O–H groups in total. The molecule has 1 fully saturated rings. The Labute approximate surface area is 208 Å². The summed E-state index contributed by atoms with van der Waals surface area (Å²) in [5, 5.41) is 3.18. The topological polar surface area (TPSA) is 32.8 Å². The number of amides is 1. The van der Waals surface area contributed by atoms with E-state index in [2.05, 4.69) is 23.1 Å². The van der Waals surface area contributed by atoms with Gasteiger partial charge in [0.05, 0.1) is 14.9 Å². The lowest BCUT2D eigenvalue weighted by atomic mass is 10.1. The Morgan fingerprint density at radius 1 is 0.909 bits per heavy atom. The highest BCUT2D eigenvalue weighted by Gasteiger charge is 2.23. The maximum atomic E-state index is 13.0. The summed E-state index contributed by atoms with van der Waals surface area (Å²) >= 11 is 13.6. The van der Waals surface area contributed by atoms with Crippen LogP contribution in [0.15, 0.2) is 47.8 Å². The van der Waals surface area contributed by atoms with Gasteiger partial charge in [0.1, 0.15) is 12.4 Å². The highest BCUT2D eigenvalue weighted by molar-refractivity contribution is 7.12. The largest absolute Gasteiger partial charge is 0.489 e. The second kappa shape index (κ2) is 10.1. The van der Waals surface area contributed by atoms with Crippen LogP contribution in [0.25, 0.3) is 0 Å². The molecule has 4 nitrogen and oxygen atoms in total. The van der Waals surface area contributed by atoms with E-state index in [1.54, 1.807) is 0 Å². The van der Waals surface area contributed by atoms with E-state index < -0.39 is 0 Å². The number of aryl methyl sites for hydroxylation is 2. The first-order valence-corrected chi connectivity index (χ1v) is 13.0. The third kappa shape index (κ3) is 5.38. The summed E-state index contributed by atoms with van der Waals surface area (Å²) in [6.45, 7) is 4.41. The predicted octanol–water partition coefficient (Wildman–Crippen LogP) is 6.08. The Balaban J connectivity index is 1.12. The smallest absolute Gasteiger partial charge is 0.264 e. The molecule has 1 aliphatic carbocycles. The van der Waals surface area contributed by atoms with E-state index in [1.807, 2.05) is 34.5 Å². The number of hydrogen-bond acceptors (Lipinski definition) is 4. The minimum atomic E-state index is 0.109. The van der Waals surface area contributed by atoms with E-state index in [1.165, 1.54) is 35.3 Å². The van der Waals surface area contributed by atoms with E-state index in [-0.39, 0.29) is 5.91 Å². The summed E-state index contributed by atoms with van der Waals surface area (Å²) in [6.07, 6.45) is 3.55. The number of carbonyl (C=O) groups excluding carboxylic acids is 1. The number of piperazine rings is 1. The average Bonchev–Trinajstić information content (AvgIpc) is 3.49. The third-order valence-corrected chi connectivity index (χ3v) is 8.10. The molecule has 7 heteroatoms. The molecular formula is C26H26Cl2N2O2S. The van der Waals surface area contributed by atoms with Crippen molar-refractivity contribution in [3.63, 3.8) is 0 Å². The molecule has 5 rings (SSSR count). The number of nitrogens with zero attached hydrogens (tertiary/aromatic N) is 2. The lowest BCUT2D eigenvalue weighted by Gasteiger charge is -2.34. The zero-order chi connectivity index (χ0) is 22.8. The maximum absolute atomic E-state index is 13.0. The highest BCUT2D eigenvalue weighted by Crippen LogP contribution is 2.27. The molecule has 2 aliphatic rings. The number of carbonyl (C=O) groups is 1. The normalized spacial score (nSPS) is 16.1. The standard InChI is InChI=1S/C26H26Cl2N2O2S/c27-23-7-4-18(12-24(23)28)15-29-8-10-30(11-9-29)26(31)25-13-19(17-33-25)16-32-22-6-5-20-2-1-3-21(20)14-22/h4-7,12-14,17H,1-3,8-11,15-16H2. The fraction of sp³-hybridized carbons (Fsp3) is 0.346. The Bertz CT molecular complexity index is 1150. The van der Waals surface area contributed by atoms with E-state index in [0.717, 1.165) is 60.9 Å². The number of hydrogen-bond donors (Lipinski definition) is 0. The van der Waals surface area contributed by atoms with Gasteiger partial charge in [0.15, 0.2) is 0 Å². The van der Waals surface area contributed by atoms with E-state index in [4.69, 9.17) is 27.9 Å². The first-order valence-electron chi connectivity index (χ1n) is 11.3. The van der Waals surface area contributed by atoms with Crippen LogP contribution in [0.4, 0.5) is 0 Å². The molecule has 0 unspecified atom stereocenters. The second-order valence-electron chi connectivity index (χ2n) is 8.71. The van der Waals surface area contributed by atoms with Crippen LogP contribution in [0.1, 0.15) is 38.3 Å². The number of benzene rings is 2. The molecule has 2 heterocycles. The summed E-state index contributed by atoms with van der Waals surface area (Å²) in [6, 6.07) is 14.1. The molecule has 1 aliphatic heterocycles. The van der Waals surface area contributed by atoms with Gasteiger partial charge in [-0.2, -0.15) is 0 Å². The van der Waals surface area contributed by atoms with Crippen LogP contribution in [0.2, 0.25) is 10.0 Å². The number of ether oxygens (including phenoxy) is 1. The molecule has 2 aromatic carbocycles. The van der Waals surface area contributed by atoms with Crippen molar-refractivity contribution in [3.8, 4) is 5.75 Å². The van der Waals surface area contributed by atoms with Gasteiger partial charge in [0, 0.05) is 38.3 Å². The van der Waals surface area contributed by atoms with Crippen LogP contribution in [-0.2, 0) is 26.0 Å². The average molecular weight is 501 g/mol. The first-order chi connectivity index (χ1) is 16.0. The molecule has 0 spiro atoms. The minimum absolute atomic E-state index is 0.109. The fourth-order valence-corrected chi connectivity index (χ4v) is 5.71. The Hall–Kier alpha value is -2.05. The van der Waals surface area contributed by atoms with Gasteiger partial charge in [-0.15, -0.1) is 11.3 Å². The molecule has 0 atom stereocenters. The molecule has 0 saturated carbocycles. The molecular weight excluding hydrogens is 475 g/mol. The molecule has 172 valence electrons. The maximum Gasteiger partial charge on any atom is 0.264 e. The van der Waals surface area contributed by atoms with E-state index in [0.29, 0.717) is 16.7 Å². The Morgan fingerprint density at radius 3 is 2.55 bits per heavy atom. The number of thiophene rings is 1. The SMILES string of the molecule is O=C(c1cc(COc2ccc3c(c2)CCC3)cs1)N1CCN(Cc2ccc(Cl)c(Cl)c2)CC1. The zero-order valence-electron chi connectivity index (χ0n) is 18.4. The van der Waals surface area contributed by atoms with Crippen molar-refractivity contribution in [1.29, 1.82) is 0 Å². The van der Waals surface area contributed by atoms with E-state index >= 15 is 0 Å². The summed E-state index contributed by atoms with van der Waals surface area (Å²) < 4.78 is 6.00. The van der Waals surface area contributed by atoms with Crippen molar-refractivity contribution < 1.29 is 9.53 Å². The predicted molar refractivity (Wildman–Crippen MR) is 135 cm³/mol. The zero-order valence-corrected chi connectivity index (χ0v) is 20.7. The van der Waals surface area contributed by atoms with Crippen molar-refractivity contribution in [2.75, 3.05) is 26.2 Å². The van der Waals surface area contributed by atoms with Crippen LogP contribution in [0, 0.1) is 0 Å². The monoisotopic (exact) mass is 500 g/mol. The molecule has 3 aromatic rings. The van der Waals surface area contributed by atoms with Gasteiger partial charge in [-0.05, 0) is 71.7 Å². The number of halogens is 2. The Kier molecular flexibility index (Phi) is 6.93. The number of rotatable bonds is 6. The van der Waals surface area contributed by atoms with Crippen molar-refractivity contribution >= 4 is 40.4 Å². The summed E-state index contributed by atoms with van der Waals surface area (Å²) in [5.74, 6) is 1.02. The van der Waals surface area contributed by atoms with Crippen molar-refractivity contribution in [2.24, 2.45) is 0 Å². The van der Waals surface area contributed by atoms with E-state index in [9.17, 15) is 4.79 Å². The first kappa shape index (κ1) is 22.7. The van der Waals surface area contributed by atoms with Crippen LogP contribution in [0.5, 0.6) is 5.75 Å². The summed E-state index contributed by atoms with van der Waals surface area (Å²) in [4.78, 5) is 18.1. The second-order valence-corrected chi connectivity index (χ2v) is 10.4. The lowest BCUT2D eigenvalue weighted by Crippen LogP contribution is -2.48. The lowest BCUT2D eigenvalue weighted by molar-refractivity contribution is 0.0633. The molecule has 33 heavy (non-hydrogen) atoms. The molecule has 1 aromatic heterocycles. The summed E-state index contributed by atoms with van der Waals surface area (Å²) in [5.41, 5.74) is 5.03. The molecule has 0 bridgehead atoms. The van der Waals surface area contributed by atoms with Gasteiger partial charge in [-0.1, -0.05) is 35.3 Å². The van der Waals surface area contributed by atoms with Gasteiger partial charge < -0.3 is 9.64 Å². The fourth-order valence-electron chi connectivity index (χ4n) is 4.53. The quantitative estimate of drug-likeness (QED) is 0.411. The third-order valence-electron chi connectivity index (χ3n) is 6.39. The van der Waals surface area contributed by atoms with Crippen LogP contribution < -0.4 is 4.74 Å². The van der Waals surface area contributed by atoms with Crippen LogP contribution >= 0.6 is 34.5 Å². The highest BCUT2D eigenvalue weighted by atomic mass is 35.5. The van der Waals surface area contributed by atoms with Crippen LogP contribution in [0.3, 0.4) is 0 Å². The van der Waals surface area contributed by atoms with Crippen molar-refractivity contribution in [3.05, 3.63) is 85.0 Å². The minimum Gasteiger partial charge on any atom is -0.489 e. The van der Waals surface area contributed by atoms with Gasteiger partial charge in [-0.3, -0.25) is 9.69 Å². The van der Waals surface area contributed by atoms with Crippen molar-refractivity contribution in [1.82, 2.24) is 9.80 Å². The number of fused-ring (bicyclic) bond motifs is 1. The van der Waals surface area contributed by atoms with Gasteiger partial charge >= 0.3 is 0 Å². The summed E-state index contributed by atoms with van der Waals surface area (Å²) in [7, 11) is 0. The van der Waals surface area contributed by atoms with Gasteiger partial charge in [0.25, 0.3) is 5.91 Å². The van der Waals surface area contributed by atoms with Gasteiger partial charge in [-0.25, -0.2) is 0 Å². The Morgan fingerprint density at radius 2 is 1.73 bits per heavy atom. The van der Waals surface area contributed by atoms with Crippen LogP contribution in [-0.4, -0.2) is 41.9 Å². The molecule has 1 amide bonds. The van der Waals surface area contributed by atoms with Crippen molar-refractivity contribution in [2.45, 2.75) is 32.4 Å². The van der Waals surface area contributed by atoms with Gasteiger partial charge in [0.2, 0.25) is 0 Å². The molecule has 1 saturated heterocycles.